The van der Waals surface area contributed by atoms with Gasteiger partial charge in [0.1, 0.15) is 0 Å². The molecular formula is C20H44O6P2Se2. The van der Waals surface area contributed by atoms with E-state index in [1.165, 1.54) is 0 Å². The molecule has 0 amide bonds. The molecule has 0 N–H and O–H groups in total. The summed E-state index contributed by atoms with van der Waals surface area (Å²) in [6.45, 7) is 25.4. The van der Waals surface area contributed by atoms with Gasteiger partial charge < -0.3 is 0 Å². The van der Waals surface area contributed by atoms with E-state index in [1.54, 1.807) is 0 Å². The summed E-state index contributed by atoms with van der Waals surface area (Å²) < 4.78 is 50.3. The first-order valence-corrected chi connectivity index (χ1v) is 22.0. The van der Waals surface area contributed by atoms with Crippen LogP contribution in [0.2, 0.25) is 0 Å². The molecular weight excluding hydrogens is 556 g/mol. The summed E-state index contributed by atoms with van der Waals surface area (Å²) in [6, 6.07) is 0. The summed E-state index contributed by atoms with van der Waals surface area (Å²) in [5.74, 6) is 0. The molecule has 0 atom stereocenters. The van der Waals surface area contributed by atoms with Gasteiger partial charge in [0.05, 0.1) is 0 Å². The zero-order valence-corrected chi connectivity index (χ0v) is 26.2. The molecule has 0 aliphatic carbocycles. The van der Waals surface area contributed by atoms with Gasteiger partial charge in [-0.2, -0.15) is 0 Å². The minimum absolute atomic E-state index is 0.154. The molecule has 0 unspecified atom stereocenters. The van der Waals surface area contributed by atoms with Crippen molar-refractivity contribution in [1.29, 1.82) is 0 Å². The van der Waals surface area contributed by atoms with Crippen molar-refractivity contribution in [2.24, 2.45) is 21.7 Å². The van der Waals surface area contributed by atoms with Crippen molar-refractivity contribution in [3.8, 4) is 0 Å². The first-order valence-electron chi connectivity index (χ1n) is 10.2. The van der Waals surface area contributed by atoms with Crippen molar-refractivity contribution in [3.05, 3.63) is 0 Å². The average molecular weight is 600 g/mol. The quantitative estimate of drug-likeness (QED) is 0.193. The van der Waals surface area contributed by atoms with Crippen LogP contribution in [-0.4, -0.2) is 51.8 Å². The minimum atomic E-state index is -3.38. The maximum atomic E-state index is 13.5. The molecule has 0 saturated heterocycles. The first-order chi connectivity index (χ1) is 13.0. The van der Waals surface area contributed by atoms with E-state index < -0.39 is 37.9 Å². The predicted octanol–water partition coefficient (Wildman–Crippen LogP) is 6.78. The average Bonchev–Trinajstić information content (AvgIpc) is 2.51. The topological polar surface area (TPSA) is 71.1 Å². The molecule has 30 heavy (non-hydrogen) atoms. The first kappa shape index (κ1) is 31.3. The maximum absolute atomic E-state index is 13.5. The van der Waals surface area contributed by atoms with Crippen LogP contribution < -0.4 is 0 Å². The molecule has 6 nitrogen and oxygen atoms in total. The van der Waals surface area contributed by atoms with E-state index in [-0.39, 0.29) is 21.7 Å². The second-order valence-corrected chi connectivity index (χ2v) is 32.8. The molecule has 0 saturated carbocycles. The Morgan fingerprint density at radius 1 is 0.467 bits per heavy atom. The van der Waals surface area contributed by atoms with E-state index in [9.17, 15) is 9.13 Å². The second-order valence-electron chi connectivity index (χ2n) is 12.4. The zero-order valence-electron chi connectivity index (χ0n) is 21.0. The summed E-state index contributed by atoms with van der Waals surface area (Å²) in [6.07, 6.45) is -6.76. The Balaban J connectivity index is 5.44. The van der Waals surface area contributed by atoms with E-state index in [4.69, 9.17) is 18.1 Å². The van der Waals surface area contributed by atoms with Gasteiger partial charge >= 0.3 is 196 Å². The van der Waals surface area contributed by atoms with Crippen molar-refractivity contribution in [3.63, 3.8) is 0 Å². The van der Waals surface area contributed by atoms with Crippen LogP contribution in [0.4, 0.5) is 0 Å². The molecule has 0 aliphatic rings. The van der Waals surface area contributed by atoms with Gasteiger partial charge in [-0.05, 0) is 0 Å². The molecule has 10 heteroatoms. The Bertz CT molecular complexity index is 515. The molecule has 0 heterocycles. The van der Waals surface area contributed by atoms with E-state index in [0.717, 1.165) is 0 Å². The van der Waals surface area contributed by atoms with Crippen molar-refractivity contribution >= 4 is 37.9 Å². The van der Waals surface area contributed by atoms with Gasteiger partial charge in [0.15, 0.2) is 0 Å². The van der Waals surface area contributed by atoms with E-state index >= 15 is 0 Å². The molecule has 0 fully saturated rings. The third-order valence-electron chi connectivity index (χ3n) is 2.84. The van der Waals surface area contributed by atoms with E-state index in [2.05, 4.69) is 0 Å². The summed E-state index contributed by atoms with van der Waals surface area (Å²) in [5.41, 5.74) is -0.615. The SMILES string of the molecule is CC(C)(C)COP(=O)(OCC(C)(C)C)[Se][Se]P(=O)(OCC(C)(C)C)OCC(C)(C)C. The second kappa shape index (κ2) is 11.7. The van der Waals surface area contributed by atoms with Gasteiger partial charge in [-0.15, -0.1) is 0 Å². The van der Waals surface area contributed by atoms with Crippen LogP contribution in [0, 0.1) is 21.7 Å². The fourth-order valence-electron chi connectivity index (χ4n) is 1.33. The summed E-state index contributed by atoms with van der Waals surface area (Å²) >= 11 is -1.27. The number of hydrogen-bond acceptors (Lipinski definition) is 6. The summed E-state index contributed by atoms with van der Waals surface area (Å²) in [4.78, 5) is 0. The van der Waals surface area contributed by atoms with Gasteiger partial charge in [-0.25, -0.2) is 0 Å². The van der Waals surface area contributed by atoms with Crippen molar-refractivity contribution in [2.45, 2.75) is 83.1 Å². The van der Waals surface area contributed by atoms with E-state index in [0.29, 0.717) is 26.4 Å². The standard InChI is InChI=1S/C20H44O6P2Se2/c1-17(2,3)13-23-27(21,24-14-18(4,5)6)29-30-28(22,25-15-19(7,8)9)26-16-20(10,11)12/h13-16H2,1-12H3. The molecule has 0 bridgehead atoms. The molecule has 0 spiro atoms. The molecule has 182 valence electrons. The van der Waals surface area contributed by atoms with Gasteiger partial charge in [-0.3, -0.25) is 0 Å². The van der Waals surface area contributed by atoms with Crippen LogP contribution in [0.25, 0.3) is 0 Å². The third kappa shape index (κ3) is 17.8. The molecule has 0 aromatic rings. The molecule has 0 rings (SSSR count). The Morgan fingerprint density at radius 2 is 0.633 bits per heavy atom. The van der Waals surface area contributed by atoms with Crippen molar-refractivity contribution < 1.29 is 27.2 Å². The Morgan fingerprint density at radius 3 is 0.767 bits per heavy atom. The Kier molecular flexibility index (Phi) is 12.2. The number of rotatable bonds is 11. The fourth-order valence-corrected chi connectivity index (χ4v) is 31.6. The van der Waals surface area contributed by atoms with Gasteiger partial charge in [0.25, 0.3) is 0 Å². The summed E-state index contributed by atoms with van der Waals surface area (Å²) in [5, 5.41) is 0. The Labute approximate surface area is 195 Å². The Hall–Kier alpha value is 1.34. The van der Waals surface area contributed by atoms with Gasteiger partial charge in [0, 0.05) is 0 Å². The van der Waals surface area contributed by atoms with Crippen molar-refractivity contribution in [2.75, 3.05) is 26.4 Å². The fraction of sp³-hybridized carbons (Fsp3) is 1.00. The third-order valence-corrected chi connectivity index (χ3v) is 29.9. The van der Waals surface area contributed by atoms with Crippen LogP contribution in [-0.2, 0) is 27.2 Å². The van der Waals surface area contributed by atoms with Crippen LogP contribution in [0.5, 0.6) is 0 Å². The molecule has 0 aliphatic heterocycles. The van der Waals surface area contributed by atoms with Crippen LogP contribution >= 0.6 is 12.6 Å². The normalized spacial score (nSPS) is 14.9. The van der Waals surface area contributed by atoms with E-state index in [1.807, 2.05) is 83.1 Å². The van der Waals surface area contributed by atoms with Crippen LogP contribution in [0.3, 0.4) is 0 Å². The van der Waals surface area contributed by atoms with Gasteiger partial charge in [-0.1, -0.05) is 0 Å². The molecule has 0 radical (unpaired) electrons. The number of hydrogen-bond donors (Lipinski definition) is 0. The molecule has 0 aromatic heterocycles. The van der Waals surface area contributed by atoms with Crippen LogP contribution in [0.1, 0.15) is 83.1 Å². The van der Waals surface area contributed by atoms with Gasteiger partial charge in [0.2, 0.25) is 0 Å². The van der Waals surface area contributed by atoms with Crippen LogP contribution in [0.15, 0.2) is 0 Å². The zero-order chi connectivity index (χ0) is 24.1. The molecule has 0 aromatic carbocycles. The van der Waals surface area contributed by atoms with Crippen molar-refractivity contribution in [1.82, 2.24) is 0 Å². The summed E-state index contributed by atoms with van der Waals surface area (Å²) in [7, 11) is 0. The monoisotopic (exact) mass is 602 g/mol. The predicted molar refractivity (Wildman–Crippen MR) is 128 cm³/mol.